The normalized spacial score (nSPS) is 10.7. The molecule has 5 rings (SSSR count). The maximum Gasteiger partial charge on any atom is 0.277 e. The van der Waals surface area contributed by atoms with Gasteiger partial charge in [-0.15, -0.1) is 10.2 Å². The SMILES string of the molecule is Cc1nccn1-c1ccc(Oc2ccc(NC(=O)c3cc(-c4ccccc4)on3)cc2)nn1. The Bertz CT molecular complexity index is 1380. The zero-order chi connectivity index (χ0) is 22.6. The Morgan fingerprint density at radius 3 is 2.52 bits per heavy atom. The van der Waals surface area contributed by atoms with Crippen molar-refractivity contribution < 1.29 is 14.1 Å². The molecule has 2 aromatic carbocycles. The minimum absolute atomic E-state index is 0.192. The van der Waals surface area contributed by atoms with Crippen molar-refractivity contribution in [3.05, 3.63) is 96.7 Å². The summed E-state index contributed by atoms with van der Waals surface area (Å²) in [7, 11) is 0. The van der Waals surface area contributed by atoms with E-state index in [0.29, 0.717) is 28.9 Å². The molecule has 0 atom stereocenters. The monoisotopic (exact) mass is 438 g/mol. The molecule has 162 valence electrons. The Balaban J connectivity index is 1.21. The summed E-state index contributed by atoms with van der Waals surface area (Å²) in [6.45, 7) is 1.89. The lowest BCUT2D eigenvalue weighted by Gasteiger charge is -2.07. The van der Waals surface area contributed by atoms with Crippen molar-refractivity contribution in [3.63, 3.8) is 0 Å². The molecule has 0 saturated heterocycles. The molecule has 0 aliphatic carbocycles. The molecule has 1 N–H and O–H groups in total. The van der Waals surface area contributed by atoms with Crippen molar-refractivity contribution >= 4 is 11.6 Å². The van der Waals surface area contributed by atoms with Crippen molar-refractivity contribution in [3.8, 4) is 28.8 Å². The number of rotatable bonds is 6. The Morgan fingerprint density at radius 1 is 1.00 bits per heavy atom. The second kappa shape index (κ2) is 8.75. The van der Waals surface area contributed by atoms with Crippen LogP contribution in [0.2, 0.25) is 0 Å². The van der Waals surface area contributed by atoms with Gasteiger partial charge in [-0.25, -0.2) is 4.98 Å². The number of hydrogen-bond donors (Lipinski definition) is 1. The van der Waals surface area contributed by atoms with E-state index in [9.17, 15) is 4.79 Å². The Hall–Kier alpha value is -4.79. The van der Waals surface area contributed by atoms with E-state index in [2.05, 4.69) is 25.7 Å². The number of carbonyl (C=O) groups is 1. The maximum absolute atomic E-state index is 12.5. The van der Waals surface area contributed by atoms with Crippen LogP contribution in [0.1, 0.15) is 16.3 Å². The molecule has 0 saturated carbocycles. The van der Waals surface area contributed by atoms with Crippen molar-refractivity contribution in [2.24, 2.45) is 0 Å². The number of aryl methyl sites for hydroxylation is 1. The number of nitrogens with one attached hydrogen (secondary N) is 1. The molecule has 0 aliphatic rings. The highest BCUT2D eigenvalue weighted by Crippen LogP contribution is 2.23. The van der Waals surface area contributed by atoms with Gasteiger partial charge < -0.3 is 14.6 Å². The van der Waals surface area contributed by atoms with Crippen LogP contribution in [0.5, 0.6) is 11.6 Å². The van der Waals surface area contributed by atoms with Crippen LogP contribution in [-0.2, 0) is 0 Å². The highest BCUT2D eigenvalue weighted by atomic mass is 16.5. The average Bonchev–Trinajstić information content (AvgIpc) is 3.51. The lowest BCUT2D eigenvalue weighted by Crippen LogP contribution is -2.11. The van der Waals surface area contributed by atoms with Crippen LogP contribution >= 0.6 is 0 Å². The molecule has 0 aliphatic heterocycles. The topological polar surface area (TPSA) is 108 Å². The number of imidazole rings is 1. The Morgan fingerprint density at radius 2 is 1.82 bits per heavy atom. The van der Waals surface area contributed by atoms with E-state index in [0.717, 1.165) is 11.4 Å². The first kappa shape index (κ1) is 20.1. The van der Waals surface area contributed by atoms with E-state index < -0.39 is 0 Å². The molecule has 9 nitrogen and oxygen atoms in total. The van der Waals surface area contributed by atoms with Gasteiger partial charge in [-0.1, -0.05) is 35.5 Å². The van der Waals surface area contributed by atoms with E-state index in [1.807, 2.05) is 48.0 Å². The number of hydrogen-bond acceptors (Lipinski definition) is 7. The third kappa shape index (κ3) is 4.47. The number of carbonyl (C=O) groups excluding carboxylic acids is 1. The zero-order valence-electron chi connectivity index (χ0n) is 17.5. The highest BCUT2D eigenvalue weighted by molar-refractivity contribution is 6.03. The van der Waals surface area contributed by atoms with Crippen LogP contribution in [0.25, 0.3) is 17.1 Å². The molecule has 3 heterocycles. The van der Waals surface area contributed by atoms with E-state index >= 15 is 0 Å². The standard InChI is InChI=1S/C24H18N6O3/c1-16-25-13-14-30(16)22-11-12-23(28-27-22)32-19-9-7-18(8-10-19)26-24(31)20-15-21(33-29-20)17-5-3-2-4-6-17/h2-15H,1H3,(H,26,31). The highest BCUT2D eigenvalue weighted by Gasteiger charge is 2.14. The molecule has 0 radical (unpaired) electrons. The molecule has 1 amide bonds. The molecule has 0 fully saturated rings. The van der Waals surface area contributed by atoms with Gasteiger partial charge in [-0.2, -0.15) is 0 Å². The summed E-state index contributed by atoms with van der Waals surface area (Å²) in [6.07, 6.45) is 3.51. The van der Waals surface area contributed by atoms with Crippen molar-refractivity contribution in [2.45, 2.75) is 6.92 Å². The molecule has 3 aromatic heterocycles. The van der Waals surface area contributed by atoms with Crippen LogP contribution in [-0.4, -0.2) is 30.8 Å². The maximum atomic E-state index is 12.5. The van der Waals surface area contributed by atoms with Gasteiger partial charge in [-0.3, -0.25) is 9.36 Å². The van der Waals surface area contributed by atoms with Gasteiger partial charge in [0.2, 0.25) is 5.88 Å². The van der Waals surface area contributed by atoms with Gasteiger partial charge in [0.15, 0.2) is 17.3 Å². The lowest BCUT2D eigenvalue weighted by molar-refractivity contribution is 0.101. The number of nitrogens with zero attached hydrogens (tertiary/aromatic N) is 5. The van der Waals surface area contributed by atoms with E-state index in [-0.39, 0.29) is 11.6 Å². The van der Waals surface area contributed by atoms with Gasteiger partial charge in [0.25, 0.3) is 5.91 Å². The second-order valence-electron chi connectivity index (χ2n) is 7.10. The van der Waals surface area contributed by atoms with Crippen LogP contribution in [0.3, 0.4) is 0 Å². The minimum Gasteiger partial charge on any atom is -0.438 e. The predicted molar refractivity (Wildman–Crippen MR) is 120 cm³/mol. The number of benzene rings is 2. The summed E-state index contributed by atoms with van der Waals surface area (Å²) in [5.74, 6) is 2.54. The van der Waals surface area contributed by atoms with Gasteiger partial charge in [0.05, 0.1) is 0 Å². The molecular weight excluding hydrogens is 420 g/mol. The smallest absolute Gasteiger partial charge is 0.277 e. The molecule has 0 spiro atoms. The molecule has 33 heavy (non-hydrogen) atoms. The third-order valence-electron chi connectivity index (χ3n) is 4.83. The van der Waals surface area contributed by atoms with Gasteiger partial charge in [0, 0.05) is 35.8 Å². The molecular formula is C24H18N6O3. The van der Waals surface area contributed by atoms with Crippen LogP contribution < -0.4 is 10.1 Å². The molecule has 0 unspecified atom stereocenters. The Labute approximate surface area is 188 Å². The fourth-order valence-corrected chi connectivity index (χ4v) is 3.16. The summed E-state index contributed by atoms with van der Waals surface area (Å²) in [5.41, 5.74) is 1.63. The summed E-state index contributed by atoms with van der Waals surface area (Å²) in [6, 6.07) is 21.5. The van der Waals surface area contributed by atoms with E-state index in [1.54, 1.807) is 48.7 Å². The van der Waals surface area contributed by atoms with E-state index in [4.69, 9.17) is 9.26 Å². The number of anilines is 1. The molecule has 9 heteroatoms. The first-order chi connectivity index (χ1) is 16.2. The largest absolute Gasteiger partial charge is 0.438 e. The average molecular weight is 438 g/mol. The number of ether oxygens (including phenoxy) is 1. The quantitative estimate of drug-likeness (QED) is 0.410. The zero-order valence-corrected chi connectivity index (χ0v) is 17.5. The van der Waals surface area contributed by atoms with Crippen molar-refractivity contribution in [1.82, 2.24) is 24.9 Å². The number of aromatic nitrogens is 5. The summed E-state index contributed by atoms with van der Waals surface area (Å²) < 4.78 is 12.8. The first-order valence-electron chi connectivity index (χ1n) is 10.1. The second-order valence-corrected chi connectivity index (χ2v) is 7.10. The van der Waals surface area contributed by atoms with Gasteiger partial charge >= 0.3 is 0 Å². The Kier molecular flexibility index (Phi) is 5.34. The minimum atomic E-state index is -0.370. The lowest BCUT2D eigenvalue weighted by atomic mass is 10.1. The summed E-state index contributed by atoms with van der Waals surface area (Å²) in [4.78, 5) is 16.7. The summed E-state index contributed by atoms with van der Waals surface area (Å²) >= 11 is 0. The van der Waals surface area contributed by atoms with Gasteiger partial charge in [-0.05, 0) is 37.3 Å². The first-order valence-corrected chi connectivity index (χ1v) is 10.1. The van der Waals surface area contributed by atoms with Gasteiger partial charge in [0.1, 0.15) is 11.6 Å². The van der Waals surface area contributed by atoms with E-state index in [1.165, 1.54) is 0 Å². The molecule has 5 aromatic rings. The third-order valence-corrected chi connectivity index (χ3v) is 4.83. The van der Waals surface area contributed by atoms with Crippen molar-refractivity contribution in [1.29, 1.82) is 0 Å². The number of amides is 1. The van der Waals surface area contributed by atoms with Crippen LogP contribution in [0.4, 0.5) is 5.69 Å². The van der Waals surface area contributed by atoms with Crippen LogP contribution in [0, 0.1) is 6.92 Å². The van der Waals surface area contributed by atoms with Crippen LogP contribution in [0.15, 0.2) is 89.7 Å². The predicted octanol–water partition coefficient (Wildman–Crippen LogP) is 4.67. The fraction of sp³-hybridized carbons (Fsp3) is 0.0417. The molecule has 0 bridgehead atoms. The summed E-state index contributed by atoms with van der Waals surface area (Å²) in [5, 5.41) is 14.9. The fourth-order valence-electron chi connectivity index (χ4n) is 3.16. The van der Waals surface area contributed by atoms with Crippen molar-refractivity contribution in [2.75, 3.05) is 5.32 Å².